The maximum atomic E-state index is 11.7. The van der Waals surface area contributed by atoms with Crippen molar-refractivity contribution in [1.29, 1.82) is 0 Å². The summed E-state index contributed by atoms with van der Waals surface area (Å²) in [6, 6.07) is -0.915. The number of aliphatic carboxylic acids is 1. The summed E-state index contributed by atoms with van der Waals surface area (Å²) in [6.45, 7) is 3.58. The SMILES string of the molecule is CSCC(C)(C)C(=O)N[C@@H](CS)C(=O)O. The number of rotatable bonds is 6. The summed E-state index contributed by atoms with van der Waals surface area (Å²) < 4.78 is 0. The summed E-state index contributed by atoms with van der Waals surface area (Å²) in [5, 5.41) is 11.2. The van der Waals surface area contributed by atoms with E-state index < -0.39 is 17.4 Å². The molecule has 0 saturated heterocycles. The highest BCUT2D eigenvalue weighted by Crippen LogP contribution is 2.20. The van der Waals surface area contributed by atoms with Gasteiger partial charge in [-0.15, -0.1) is 0 Å². The lowest BCUT2D eigenvalue weighted by Crippen LogP contribution is -2.48. The van der Waals surface area contributed by atoms with Gasteiger partial charge in [-0.25, -0.2) is 4.79 Å². The summed E-state index contributed by atoms with van der Waals surface area (Å²) in [6.07, 6.45) is 1.91. The van der Waals surface area contributed by atoms with Crippen molar-refractivity contribution >= 4 is 36.3 Å². The number of hydrogen-bond donors (Lipinski definition) is 3. The van der Waals surface area contributed by atoms with Gasteiger partial charge in [-0.2, -0.15) is 24.4 Å². The highest BCUT2D eigenvalue weighted by molar-refractivity contribution is 7.98. The molecule has 0 saturated carbocycles. The molecular formula is C9H17NO3S2. The standard InChI is InChI=1S/C9H17NO3S2/c1-9(2,5-15-3)8(13)10-6(4-14)7(11)12/h6,14H,4-5H2,1-3H3,(H,10,13)(H,11,12)/t6-/m0/s1. The van der Waals surface area contributed by atoms with E-state index in [-0.39, 0.29) is 11.7 Å². The molecule has 0 aromatic rings. The molecule has 1 amide bonds. The number of carboxylic acid groups (broad SMARTS) is 1. The first kappa shape index (κ1) is 14.6. The molecule has 0 bridgehead atoms. The third kappa shape index (κ3) is 4.79. The molecule has 88 valence electrons. The Balaban J connectivity index is 4.40. The zero-order chi connectivity index (χ0) is 12.1. The van der Waals surface area contributed by atoms with E-state index in [0.717, 1.165) is 0 Å². The van der Waals surface area contributed by atoms with E-state index in [1.54, 1.807) is 25.6 Å². The average molecular weight is 251 g/mol. The molecule has 15 heavy (non-hydrogen) atoms. The van der Waals surface area contributed by atoms with Crippen LogP contribution in [0.25, 0.3) is 0 Å². The van der Waals surface area contributed by atoms with Gasteiger partial charge in [0.1, 0.15) is 6.04 Å². The van der Waals surface area contributed by atoms with Gasteiger partial charge in [0.25, 0.3) is 0 Å². The number of nitrogens with one attached hydrogen (secondary N) is 1. The van der Waals surface area contributed by atoms with Gasteiger partial charge in [-0.3, -0.25) is 4.79 Å². The Morgan fingerprint density at radius 2 is 2.07 bits per heavy atom. The van der Waals surface area contributed by atoms with Crippen LogP contribution in [0.4, 0.5) is 0 Å². The predicted octanol–water partition coefficient (Wildman–Crippen LogP) is 0.875. The van der Waals surface area contributed by atoms with E-state index >= 15 is 0 Å². The van der Waals surface area contributed by atoms with E-state index in [1.165, 1.54) is 0 Å². The Hall–Kier alpha value is -0.360. The number of carboxylic acids is 1. The third-order valence-corrected chi connectivity index (χ3v) is 3.28. The molecule has 0 radical (unpaired) electrons. The van der Waals surface area contributed by atoms with Crippen LogP contribution < -0.4 is 5.32 Å². The Kier molecular flexibility index (Phi) is 6.12. The molecule has 2 N–H and O–H groups in total. The molecule has 0 aliphatic carbocycles. The van der Waals surface area contributed by atoms with Crippen LogP contribution in [0, 0.1) is 5.41 Å². The Morgan fingerprint density at radius 3 is 2.40 bits per heavy atom. The van der Waals surface area contributed by atoms with E-state index in [9.17, 15) is 9.59 Å². The minimum absolute atomic E-state index is 0.0937. The topological polar surface area (TPSA) is 66.4 Å². The van der Waals surface area contributed by atoms with Crippen LogP contribution in [0.15, 0.2) is 0 Å². The van der Waals surface area contributed by atoms with Gasteiger partial charge < -0.3 is 10.4 Å². The smallest absolute Gasteiger partial charge is 0.327 e. The van der Waals surface area contributed by atoms with E-state index in [1.807, 2.05) is 6.26 Å². The van der Waals surface area contributed by atoms with Gasteiger partial charge in [0.2, 0.25) is 5.91 Å². The molecule has 0 heterocycles. The number of thiol groups is 1. The van der Waals surface area contributed by atoms with Gasteiger partial charge in [-0.05, 0) is 6.26 Å². The fourth-order valence-electron chi connectivity index (χ4n) is 0.965. The maximum Gasteiger partial charge on any atom is 0.327 e. The summed E-state index contributed by atoms with van der Waals surface area (Å²) >= 11 is 5.43. The predicted molar refractivity (Wildman–Crippen MR) is 65.6 cm³/mol. The second-order valence-corrected chi connectivity index (χ2v) is 5.09. The molecule has 4 nitrogen and oxygen atoms in total. The number of amides is 1. The molecule has 1 atom stereocenters. The molecule has 0 rings (SSSR count). The molecule has 0 spiro atoms. The fraction of sp³-hybridized carbons (Fsp3) is 0.778. The quantitative estimate of drug-likeness (QED) is 0.613. The zero-order valence-corrected chi connectivity index (χ0v) is 10.8. The molecule has 0 aromatic carbocycles. The fourth-order valence-corrected chi connectivity index (χ4v) is 2.07. The second kappa shape index (κ2) is 6.27. The van der Waals surface area contributed by atoms with Gasteiger partial charge in [0.05, 0.1) is 5.41 Å². The number of hydrogen-bond acceptors (Lipinski definition) is 4. The van der Waals surface area contributed by atoms with Crippen molar-refractivity contribution in [3.8, 4) is 0 Å². The number of thioether (sulfide) groups is 1. The van der Waals surface area contributed by atoms with Crippen molar-refractivity contribution in [2.45, 2.75) is 19.9 Å². The van der Waals surface area contributed by atoms with Crippen LogP contribution in [0.2, 0.25) is 0 Å². The van der Waals surface area contributed by atoms with E-state index in [2.05, 4.69) is 17.9 Å². The summed E-state index contributed by atoms with van der Waals surface area (Å²) in [4.78, 5) is 22.4. The first-order valence-corrected chi connectivity index (χ1v) is 6.51. The van der Waals surface area contributed by atoms with Crippen LogP contribution in [0.1, 0.15) is 13.8 Å². The monoisotopic (exact) mass is 251 g/mol. The van der Waals surface area contributed by atoms with E-state index in [4.69, 9.17) is 5.11 Å². The number of carbonyl (C=O) groups is 2. The van der Waals surface area contributed by atoms with E-state index in [0.29, 0.717) is 5.75 Å². The minimum Gasteiger partial charge on any atom is -0.480 e. The van der Waals surface area contributed by atoms with Gasteiger partial charge >= 0.3 is 5.97 Å². The lowest BCUT2D eigenvalue weighted by Gasteiger charge is -2.24. The number of carbonyl (C=O) groups excluding carboxylic acids is 1. The lowest BCUT2D eigenvalue weighted by atomic mass is 9.95. The van der Waals surface area contributed by atoms with Crippen LogP contribution >= 0.6 is 24.4 Å². The van der Waals surface area contributed by atoms with Gasteiger partial charge in [-0.1, -0.05) is 13.8 Å². The lowest BCUT2D eigenvalue weighted by molar-refractivity contribution is -0.142. The molecule has 0 aromatic heterocycles. The summed E-state index contributed by atoms with van der Waals surface area (Å²) in [5.74, 6) is -0.564. The Bertz CT molecular complexity index is 244. The molecule has 0 fully saturated rings. The highest BCUT2D eigenvalue weighted by Gasteiger charge is 2.30. The maximum absolute atomic E-state index is 11.7. The van der Waals surface area contributed by atoms with Crippen molar-refractivity contribution in [2.24, 2.45) is 5.41 Å². The van der Waals surface area contributed by atoms with Crippen LogP contribution in [-0.4, -0.2) is 40.8 Å². The average Bonchev–Trinajstić information content (AvgIpc) is 2.12. The normalized spacial score (nSPS) is 13.3. The first-order chi connectivity index (χ1) is 6.85. The highest BCUT2D eigenvalue weighted by atomic mass is 32.2. The molecular weight excluding hydrogens is 234 g/mol. The van der Waals surface area contributed by atoms with Crippen molar-refractivity contribution in [2.75, 3.05) is 17.8 Å². The van der Waals surface area contributed by atoms with Crippen LogP contribution in [0.3, 0.4) is 0 Å². The second-order valence-electron chi connectivity index (χ2n) is 3.86. The third-order valence-electron chi connectivity index (χ3n) is 1.91. The molecule has 0 aliphatic heterocycles. The van der Waals surface area contributed by atoms with Crippen molar-refractivity contribution in [3.05, 3.63) is 0 Å². The molecule has 6 heteroatoms. The molecule has 0 unspecified atom stereocenters. The van der Waals surface area contributed by atoms with Gasteiger partial charge in [0, 0.05) is 11.5 Å². The van der Waals surface area contributed by atoms with Crippen molar-refractivity contribution < 1.29 is 14.7 Å². The van der Waals surface area contributed by atoms with Gasteiger partial charge in [0.15, 0.2) is 0 Å². The molecule has 0 aliphatic rings. The minimum atomic E-state index is -1.06. The Morgan fingerprint density at radius 1 is 1.53 bits per heavy atom. The van der Waals surface area contributed by atoms with Crippen LogP contribution in [-0.2, 0) is 9.59 Å². The summed E-state index contributed by atoms with van der Waals surface area (Å²) in [5.41, 5.74) is -0.559. The first-order valence-electron chi connectivity index (χ1n) is 4.48. The zero-order valence-electron chi connectivity index (χ0n) is 9.11. The van der Waals surface area contributed by atoms with Crippen molar-refractivity contribution in [3.63, 3.8) is 0 Å². The van der Waals surface area contributed by atoms with Crippen molar-refractivity contribution in [1.82, 2.24) is 5.32 Å². The largest absolute Gasteiger partial charge is 0.480 e. The summed E-state index contributed by atoms with van der Waals surface area (Å²) in [7, 11) is 0. The van der Waals surface area contributed by atoms with Crippen LogP contribution in [0.5, 0.6) is 0 Å². The Labute approximate surface area is 99.6 Å².